The molecule has 0 amide bonds. The number of pyridine rings is 1. The molecule has 0 saturated carbocycles. The van der Waals surface area contributed by atoms with Crippen LogP contribution in [0.15, 0.2) is 82.7 Å². The molecular formula is C24H19FN6O2S. The van der Waals surface area contributed by atoms with Gasteiger partial charge in [0.05, 0.1) is 12.4 Å². The van der Waals surface area contributed by atoms with Crippen LogP contribution in [0, 0.1) is 5.82 Å². The van der Waals surface area contributed by atoms with Crippen molar-refractivity contribution < 1.29 is 13.7 Å². The van der Waals surface area contributed by atoms with Crippen LogP contribution in [0.1, 0.15) is 12.8 Å². The maximum atomic E-state index is 13.5. The molecule has 0 aliphatic rings. The summed E-state index contributed by atoms with van der Waals surface area (Å²) in [5.74, 6) is 2.43. The summed E-state index contributed by atoms with van der Waals surface area (Å²) in [4.78, 5) is 8.56. The van der Waals surface area contributed by atoms with Crippen LogP contribution in [0.4, 0.5) is 4.39 Å². The van der Waals surface area contributed by atoms with Crippen molar-refractivity contribution in [2.24, 2.45) is 0 Å². The molecule has 0 N–H and O–H groups in total. The largest absolute Gasteiger partial charge is 0.494 e. The summed E-state index contributed by atoms with van der Waals surface area (Å²) in [5, 5.41) is 13.4. The van der Waals surface area contributed by atoms with Crippen molar-refractivity contribution in [3.05, 3.63) is 84.8 Å². The van der Waals surface area contributed by atoms with E-state index in [1.54, 1.807) is 24.5 Å². The number of hydrogen-bond donors (Lipinski definition) is 0. The molecule has 0 aliphatic carbocycles. The van der Waals surface area contributed by atoms with E-state index in [0.717, 1.165) is 22.6 Å². The van der Waals surface area contributed by atoms with Gasteiger partial charge >= 0.3 is 0 Å². The maximum Gasteiger partial charge on any atom is 0.237 e. The fourth-order valence-electron chi connectivity index (χ4n) is 3.30. The number of ether oxygens (including phenoxy) is 1. The Hall–Kier alpha value is -4.05. The molecule has 0 radical (unpaired) electrons. The molecule has 0 bridgehead atoms. The highest BCUT2D eigenvalue weighted by atomic mass is 32.2. The van der Waals surface area contributed by atoms with Gasteiger partial charge in [-0.1, -0.05) is 16.9 Å². The van der Waals surface area contributed by atoms with Crippen molar-refractivity contribution in [2.75, 3.05) is 6.61 Å². The molecule has 3 heterocycles. The molecule has 10 heteroatoms. The average molecular weight is 475 g/mol. The van der Waals surface area contributed by atoms with Crippen molar-refractivity contribution in [3.63, 3.8) is 0 Å². The predicted octanol–water partition coefficient (Wildman–Crippen LogP) is 5.21. The molecule has 0 atom stereocenters. The first-order valence-electron chi connectivity index (χ1n) is 10.5. The van der Waals surface area contributed by atoms with Crippen LogP contribution in [0.5, 0.6) is 5.75 Å². The summed E-state index contributed by atoms with van der Waals surface area (Å²) in [6, 6.07) is 17.4. The quantitative estimate of drug-likeness (QED) is 0.283. The lowest BCUT2D eigenvalue weighted by molar-refractivity contribution is 0.340. The smallest absolute Gasteiger partial charge is 0.237 e. The van der Waals surface area contributed by atoms with Gasteiger partial charge in [-0.05, 0) is 67.6 Å². The second kappa shape index (κ2) is 9.84. The standard InChI is InChI=1S/C24H19FN6O2S/c1-2-32-20-9-3-16(4-10-20)22-27-21(33-30-22)15-34-24-29-28-23(17-11-13-26-14-12-17)31(24)19-7-5-18(25)6-8-19/h3-14H,2,15H2,1H3. The lowest BCUT2D eigenvalue weighted by Crippen LogP contribution is -2.00. The SMILES string of the molecule is CCOc1ccc(-c2noc(CSc3nnc(-c4ccncc4)n3-c3ccc(F)cc3)n2)cc1. The highest BCUT2D eigenvalue weighted by Crippen LogP contribution is 2.30. The zero-order valence-electron chi connectivity index (χ0n) is 18.1. The Balaban J connectivity index is 1.39. The van der Waals surface area contributed by atoms with E-state index in [9.17, 15) is 4.39 Å². The fourth-order valence-corrected chi connectivity index (χ4v) is 4.09. The zero-order valence-corrected chi connectivity index (χ0v) is 18.9. The molecule has 0 fully saturated rings. The van der Waals surface area contributed by atoms with E-state index in [2.05, 4.69) is 25.3 Å². The van der Waals surface area contributed by atoms with E-state index in [0.29, 0.717) is 35.1 Å². The minimum Gasteiger partial charge on any atom is -0.494 e. The first-order valence-corrected chi connectivity index (χ1v) is 11.5. The highest BCUT2D eigenvalue weighted by Gasteiger charge is 2.18. The van der Waals surface area contributed by atoms with Crippen molar-refractivity contribution >= 4 is 11.8 Å². The van der Waals surface area contributed by atoms with Crippen LogP contribution in [-0.4, -0.2) is 36.5 Å². The predicted molar refractivity (Wildman–Crippen MR) is 125 cm³/mol. The molecule has 170 valence electrons. The lowest BCUT2D eigenvalue weighted by atomic mass is 10.2. The van der Waals surface area contributed by atoms with Crippen LogP contribution >= 0.6 is 11.8 Å². The normalized spacial score (nSPS) is 11.0. The molecule has 0 saturated heterocycles. The Morgan fingerprint density at radius 1 is 0.941 bits per heavy atom. The van der Waals surface area contributed by atoms with E-state index >= 15 is 0 Å². The van der Waals surface area contributed by atoms with E-state index < -0.39 is 0 Å². The van der Waals surface area contributed by atoms with Crippen molar-refractivity contribution in [2.45, 2.75) is 17.8 Å². The van der Waals surface area contributed by atoms with Gasteiger partial charge in [0.25, 0.3) is 0 Å². The van der Waals surface area contributed by atoms with Gasteiger partial charge in [-0.3, -0.25) is 9.55 Å². The molecular weight excluding hydrogens is 455 g/mol. The Labute approximate surface area is 198 Å². The summed E-state index contributed by atoms with van der Waals surface area (Å²) in [6.45, 7) is 2.54. The Morgan fingerprint density at radius 3 is 2.44 bits per heavy atom. The number of nitrogens with zero attached hydrogens (tertiary/aromatic N) is 6. The first-order chi connectivity index (χ1) is 16.7. The molecule has 34 heavy (non-hydrogen) atoms. The number of aromatic nitrogens is 6. The number of thioether (sulfide) groups is 1. The Bertz CT molecular complexity index is 1370. The van der Waals surface area contributed by atoms with Crippen molar-refractivity contribution in [1.82, 2.24) is 29.9 Å². The minimum absolute atomic E-state index is 0.316. The Morgan fingerprint density at radius 2 is 1.71 bits per heavy atom. The second-order valence-corrected chi connectivity index (χ2v) is 8.05. The number of hydrogen-bond acceptors (Lipinski definition) is 8. The molecule has 5 aromatic rings. The molecule has 0 aliphatic heterocycles. The molecule has 0 unspecified atom stereocenters. The molecule has 5 rings (SSSR count). The molecule has 8 nitrogen and oxygen atoms in total. The van der Waals surface area contributed by atoms with Gasteiger partial charge in [-0.2, -0.15) is 4.98 Å². The van der Waals surface area contributed by atoms with Crippen LogP contribution < -0.4 is 4.74 Å². The average Bonchev–Trinajstić information content (AvgIpc) is 3.52. The highest BCUT2D eigenvalue weighted by molar-refractivity contribution is 7.98. The van der Waals surface area contributed by atoms with Crippen LogP contribution in [0.3, 0.4) is 0 Å². The van der Waals surface area contributed by atoms with Gasteiger partial charge in [0.1, 0.15) is 11.6 Å². The van der Waals surface area contributed by atoms with Gasteiger partial charge in [-0.25, -0.2) is 4.39 Å². The van der Waals surface area contributed by atoms with Gasteiger partial charge in [0.15, 0.2) is 11.0 Å². The molecule has 0 spiro atoms. The van der Waals surface area contributed by atoms with Crippen molar-refractivity contribution in [3.8, 4) is 34.2 Å². The fraction of sp³-hybridized carbons (Fsp3) is 0.125. The van der Waals surface area contributed by atoms with Crippen molar-refractivity contribution in [1.29, 1.82) is 0 Å². The molecule has 3 aromatic heterocycles. The minimum atomic E-state index is -0.316. The second-order valence-electron chi connectivity index (χ2n) is 7.11. The van der Waals surface area contributed by atoms with Gasteiger partial charge in [0.2, 0.25) is 11.7 Å². The molecule has 2 aromatic carbocycles. The summed E-state index contributed by atoms with van der Waals surface area (Å²) >= 11 is 1.40. The topological polar surface area (TPSA) is 91.8 Å². The third-order valence-corrected chi connectivity index (χ3v) is 5.79. The van der Waals surface area contributed by atoms with Gasteiger partial charge in [0, 0.05) is 29.2 Å². The van der Waals surface area contributed by atoms with Crippen LogP contribution in [0.25, 0.3) is 28.5 Å². The summed E-state index contributed by atoms with van der Waals surface area (Å²) in [7, 11) is 0. The lowest BCUT2D eigenvalue weighted by Gasteiger charge is -2.09. The first kappa shape index (κ1) is 21.8. The monoisotopic (exact) mass is 474 g/mol. The number of halogens is 1. The summed E-state index contributed by atoms with van der Waals surface area (Å²) < 4.78 is 26.3. The van der Waals surface area contributed by atoms with Crippen LogP contribution in [-0.2, 0) is 5.75 Å². The zero-order chi connectivity index (χ0) is 23.3. The van der Waals surface area contributed by atoms with E-state index in [1.807, 2.05) is 47.9 Å². The van der Waals surface area contributed by atoms with Gasteiger partial charge in [-0.15, -0.1) is 10.2 Å². The van der Waals surface area contributed by atoms with E-state index in [1.165, 1.54) is 23.9 Å². The number of benzene rings is 2. The Kier molecular flexibility index (Phi) is 6.30. The number of rotatable bonds is 8. The summed E-state index contributed by atoms with van der Waals surface area (Å²) in [6.07, 6.45) is 3.37. The third-order valence-electron chi connectivity index (χ3n) is 4.87. The van der Waals surface area contributed by atoms with E-state index in [4.69, 9.17) is 9.26 Å². The van der Waals surface area contributed by atoms with Crippen LogP contribution in [0.2, 0.25) is 0 Å². The van der Waals surface area contributed by atoms with E-state index in [-0.39, 0.29) is 5.82 Å². The summed E-state index contributed by atoms with van der Waals surface area (Å²) in [5.41, 5.74) is 2.41. The third kappa shape index (κ3) is 4.67. The maximum absolute atomic E-state index is 13.5. The van der Waals surface area contributed by atoms with Gasteiger partial charge < -0.3 is 9.26 Å².